The van der Waals surface area contributed by atoms with Crippen molar-refractivity contribution in [2.75, 3.05) is 0 Å². The summed E-state index contributed by atoms with van der Waals surface area (Å²) in [6, 6.07) is 11.0. The van der Waals surface area contributed by atoms with Crippen LogP contribution in [0, 0.1) is 20.8 Å². The Morgan fingerprint density at radius 3 is 1.00 bits per heavy atom. The highest BCUT2D eigenvalue weighted by atomic mass is 16.3. The monoisotopic (exact) mass is 519 g/mol. The maximum atomic E-state index is 11.2. The number of allylic oxidation sites excluding steroid dienone is 3. The number of hydrogen-bond donors (Lipinski definition) is 3. The fraction of sp³-hybridized carbons (Fsp3) is 0.182. The van der Waals surface area contributed by atoms with Crippen LogP contribution in [0.4, 0.5) is 0 Å². The van der Waals surface area contributed by atoms with E-state index in [9.17, 15) is 15.3 Å². The average molecular weight is 520 g/mol. The summed E-state index contributed by atoms with van der Waals surface area (Å²) in [6.07, 6.45) is 6.62. The summed E-state index contributed by atoms with van der Waals surface area (Å²) >= 11 is 0. The minimum Gasteiger partial charge on any atom is -0.507 e. The van der Waals surface area contributed by atoms with Gasteiger partial charge in [-0.1, -0.05) is 36.4 Å². The van der Waals surface area contributed by atoms with Crippen molar-refractivity contribution in [2.45, 2.75) is 40.0 Å². The van der Waals surface area contributed by atoms with Gasteiger partial charge in [0.15, 0.2) is 17.5 Å². The van der Waals surface area contributed by atoms with Gasteiger partial charge in [-0.2, -0.15) is 0 Å². The highest BCUT2D eigenvalue weighted by molar-refractivity contribution is 5.76. The van der Waals surface area contributed by atoms with Crippen molar-refractivity contribution in [2.24, 2.45) is 0 Å². The topological polar surface area (TPSA) is 99.4 Å². The molecule has 0 aliphatic heterocycles. The molecule has 4 aromatic rings. The van der Waals surface area contributed by atoms with Crippen molar-refractivity contribution >= 4 is 0 Å². The SMILES string of the molecule is C=CCc1c(C)ccc(-c2nc(-c3ccc(C)c(CC=C)c3O)nc(-c3ccc(C)c(CC=C)c3O)n2)c1O. The second-order valence-electron chi connectivity index (χ2n) is 9.56. The molecule has 0 bridgehead atoms. The first-order chi connectivity index (χ1) is 18.7. The number of aromatic nitrogens is 3. The van der Waals surface area contributed by atoms with Gasteiger partial charge in [0.2, 0.25) is 0 Å². The molecule has 6 heteroatoms. The number of aromatic hydroxyl groups is 3. The average Bonchev–Trinajstić information content (AvgIpc) is 2.91. The Kier molecular flexibility index (Phi) is 7.96. The second kappa shape index (κ2) is 11.4. The van der Waals surface area contributed by atoms with Crippen LogP contribution >= 0.6 is 0 Å². The molecule has 3 N–H and O–H groups in total. The Hall–Kier alpha value is -4.71. The molecule has 0 saturated heterocycles. The van der Waals surface area contributed by atoms with Crippen LogP contribution in [0.15, 0.2) is 74.4 Å². The van der Waals surface area contributed by atoms with Crippen LogP contribution in [-0.2, 0) is 19.3 Å². The predicted molar refractivity (Wildman–Crippen MR) is 157 cm³/mol. The summed E-state index contributed by atoms with van der Waals surface area (Å²) < 4.78 is 0. The molecule has 0 saturated carbocycles. The second-order valence-corrected chi connectivity index (χ2v) is 9.56. The maximum Gasteiger partial charge on any atom is 0.167 e. The number of phenols is 3. The Balaban J connectivity index is 2.05. The normalized spacial score (nSPS) is 10.8. The zero-order valence-electron chi connectivity index (χ0n) is 22.6. The highest BCUT2D eigenvalue weighted by Gasteiger charge is 2.22. The third-order valence-electron chi connectivity index (χ3n) is 6.95. The van der Waals surface area contributed by atoms with Gasteiger partial charge in [-0.15, -0.1) is 19.7 Å². The van der Waals surface area contributed by atoms with Crippen molar-refractivity contribution < 1.29 is 15.3 Å². The van der Waals surface area contributed by atoms with E-state index in [1.165, 1.54) is 0 Å². The van der Waals surface area contributed by atoms with Gasteiger partial charge >= 0.3 is 0 Å². The van der Waals surface area contributed by atoms with E-state index in [0.717, 1.165) is 33.4 Å². The molecule has 198 valence electrons. The summed E-state index contributed by atoms with van der Waals surface area (Å²) in [5.74, 6) is 0.812. The molecule has 6 nitrogen and oxygen atoms in total. The van der Waals surface area contributed by atoms with Crippen LogP contribution in [0.3, 0.4) is 0 Å². The molecule has 0 radical (unpaired) electrons. The number of benzene rings is 3. The van der Waals surface area contributed by atoms with Crippen LogP contribution in [0.1, 0.15) is 33.4 Å². The van der Waals surface area contributed by atoms with Gasteiger partial charge in [0.05, 0.1) is 16.7 Å². The minimum atomic E-state index is 0.0546. The van der Waals surface area contributed by atoms with E-state index in [0.29, 0.717) is 36.0 Å². The lowest BCUT2D eigenvalue weighted by molar-refractivity contribution is 0.470. The zero-order chi connectivity index (χ0) is 28.3. The molecule has 0 aliphatic carbocycles. The molecular weight excluding hydrogens is 486 g/mol. The van der Waals surface area contributed by atoms with E-state index in [4.69, 9.17) is 15.0 Å². The van der Waals surface area contributed by atoms with E-state index in [1.54, 1.807) is 36.4 Å². The lowest BCUT2D eigenvalue weighted by atomic mass is 9.98. The fourth-order valence-electron chi connectivity index (χ4n) is 4.70. The Bertz CT molecular complexity index is 1400. The van der Waals surface area contributed by atoms with Crippen LogP contribution in [-0.4, -0.2) is 30.3 Å². The number of nitrogens with zero attached hydrogens (tertiary/aromatic N) is 3. The Morgan fingerprint density at radius 1 is 0.513 bits per heavy atom. The first-order valence-corrected chi connectivity index (χ1v) is 12.8. The quantitative estimate of drug-likeness (QED) is 0.204. The highest BCUT2D eigenvalue weighted by Crippen LogP contribution is 2.39. The molecular formula is C33H33N3O3. The molecule has 0 atom stereocenters. The number of rotatable bonds is 9. The standard InChI is InChI=1S/C33H33N3O3/c1-7-10-22-19(4)13-16-25(28(22)37)31-34-32(26-17-14-20(5)23(11-8-2)29(26)38)36-33(35-31)27-18-15-21(6)24(12-9-3)30(27)39/h7-9,13-18,37-39H,1-3,10-12H2,4-6H3. The molecule has 0 unspecified atom stereocenters. The summed E-state index contributed by atoms with van der Waals surface area (Å²) in [7, 11) is 0. The summed E-state index contributed by atoms with van der Waals surface area (Å²) in [6.45, 7) is 17.2. The molecule has 4 rings (SSSR count). The van der Waals surface area contributed by atoms with Gasteiger partial charge in [-0.3, -0.25) is 0 Å². The summed E-state index contributed by atoms with van der Waals surface area (Å²) in [5, 5.41) is 33.7. The third kappa shape index (κ3) is 5.18. The molecule has 3 aromatic carbocycles. The summed E-state index contributed by atoms with van der Waals surface area (Å²) in [5.41, 5.74) is 6.18. The first-order valence-electron chi connectivity index (χ1n) is 12.8. The molecule has 1 aromatic heterocycles. The van der Waals surface area contributed by atoms with E-state index < -0.39 is 0 Å². The molecule has 0 spiro atoms. The van der Waals surface area contributed by atoms with E-state index in [-0.39, 0.29) is 34.7 Å². The Labute approximate surface area is 229 Å². The van der Waals surface area contributed by atoms with Crippen LogP contribution < -0.4 is 0 Å². The Morgan fingerprint density at radius 2 is 0.769 bits per heavy atom. The first kappa shape index (κ1) is 27.3. The van der Waals surface area contributed by atoms with Crippen molar-refractivity contribution in [3.63, 3.8) is 0 Å². The van der Waals surface area contributed by atoms with E-state index in [1.807, 2.05) is 39.0 Å². The maximum absolute atomic E-state index is 11.2. The van der Waals surface area contributed by atoms with Gasteiger partial charge in [0.1, 0.15) is 17.2 Å². The third-order valence-corrected chi connectivity index (χ3v) is 6.95. The number of hydrogen-bond acceptors (Lipinski definition) is 6. The lowest BCUT2D eigenvalue weighted by Crippen LogP contribution is -2.03. The van der Waals surface area contributed by atoms with Crippen molar-refractivity contribution in [1.29, 1.82) is 0 Å². The fourth-order valence-corrected chi connectivity index (χ4v) is 4.70. The van der Waals surface area contributed by atoms with Gasteiger partial charge in [-0.25, -0.2) is 15.0 Å². The van der Waals surface area contributed by atoms with Gasteiger partial charge in [0, 0.05) is 16.7 Å². The van der Waals surface area contributed by atoms with Crippen LogP contribution in [0.2, 0.25) is 0 Å². The smallest absolute Gasteiger partial charge is 0.167 e. The molecule has 39 heavy (non-hydrogen) atoms. The van der Waals surface area contributed by atoms with Crippen molar-refractivity contribution in [3.8, 4) is 51.4 Å². The molecule has 0 aliphatic rings. The largest absolute Gasteiger partial charge is 0.507 e. The predicted octanol–water partition coefficient (Wildman–Crippen LogP) is 7.10. The molecule has 0 amide bonds. The van der Waals surface area contributed by atoms with E-state index >= 15 is 0 Å². The van der Waals surface area contributed by atoms with Crippen molar-refractivity contribution in [1.82, 2.24) is 15.0 Å². The minimum absolute atomic E-state index is 0.0546. The molecule has 1 heterocycles. The number of phenolic OH excluding ortho intramolecular Hbond substituents is 3. The van der Waals surface area contributed by atoms with Crippen molar-refractivity contribution in [3.05, 3.63) is 108 Å². The molecule has 0 fully saturated rings. The van der Waals surface area contributed by atoms with Gasteiger partial charge < -0.3 is 15.3 Å². The lowest BCUT2D eigenvalue weighted by Gasteiger charge is -2.16. The number of aryl methyl sites for hydroxylation is 3. The van der Waals surface area contributed by atoms with Crippen LogP contribution in [0.25, 0.3) is 34.2 Å². The van der Waals surface area contributed by atoms with E-state index in [2.05, 4.69) is 19.7 Å². The van der Waals surface area contributed by atoms with Crippen LogP contribution in [0.5, 0.6) is 17.2 Å². The van der Waals surface area contributed by atoms with Gasteiger partial charge in [0.25, 0.3) is 0 Å². The zero-order valence-corrected chi connectivity index (χ0v) is 22.6. The summed E-state index contributed by atoms with van der Waals surface area (Å²) in [4.78, 5) is 14.1. The van der Waals surface area contributed by atoms with Gasteiger partial charge in [-0.05, 0) is 74.9 Å².